The Morgan fingerprint density at radius 3 is 2.52 bits per heavy atom. The summed E-state index contributed by atoms with van der Waals surface area (Å²) >= 11 is 1.12. The Morgan fingerprint density at radius 1 is 1.16 bits per heavy atom. The van der Waals surface area contributed by atoms with Crippen molar-refractivity contribution in [2.24, 2.45) is 0 Å². The first kappa shape index (κ1) is 22.6. The third-order valence-electron chi connectivity index (χ3n) is 4.50. The molecule has 0 saturated heterocycles. The molecule has 0 aliphatic rings. The zero-order valence-electron chi connectivity index (χ0n) is 17.0. The van der Waals surface area contributed by atoms with Gasteiger partial charge in [0.05, 0.1) is 17.5 Å². The van der Waals surface area contributed by atoms with Crippen molar-refractivity contribution >= 4 is 17.7 Å². The van der Waals surface area contributed by atoms with Gasteiger partial charge < -0.3 is 10.1 Å². The van der Waals surface area contributed by atoms with E-state index in [0.717, 1.165) is 35.0 Å². The van der Waals surface area contributed by atoms with Gasteiger partial charge in [0.1, 0.15) is 5.75 Å². The molecule has 11 heteroatoms. The number of carbonyl (C=O) groups excluding carboxylic acids is 1. The molecule has 3 aromatic rings. The summed E-state index contributed by atoms with van der Waals surface area (Å²) in [6, 6.07) is 11.0. The predicted octanol–water partition coefficient (Wildman–Crippen LogP) is 4.15. The number of nitrogens with one attached hydrogen (secondary N) is 1. The summed E-state index contributed by atoms with van der Waals surface area (Å²) in [7, 11) is 0. The number of amides is 1. The molecule has 1 atom stereocenters. The van der Waals surface area contributed by atoms with E-state index in [9.17, 15) is 18.0 Å². The molecular formula is C20H20F3N5O2S. The van der Waals surface area contributed by atoms with E-state index < -0.39 is 6.36 Å². The van der Waals surface area contributed by atoms with E-state index in [1.165, 1.54) is 22.4 Å². The van der Waals surface area contributed by atoms with Crippen molar-refractivity contribution in [3.05, 3.63) is 59.2 Å². The highest BCUT2D eigenvalue weighted by Crippen LogP contribution is 2.25. The normalized spacial score (nSPS) is 12.5. The van der Waals surface area contributed by atoms with Gasteiger partial charge >= 0.3 is 6.36 Å². The van der Waals surface area contributed by atoms with Crippen LogP contribution in [0.1, 0.15) is 29.7 Å². The minimum Gasteiger partial charge on any atom is -0.406 e. The zero-order valence-corrected chi connectivity index (χ0v) is 17.8. The molecule has 0 fully saturated rings. The lowest BCUT2D eigenvalue weighted by Crippen LogP contribution is -2.28. The van der Waals surface area contributed by atoms with E-state index >= 15 is 0 Å². The summed E-state index contributed by atoms with van der Waals surface area (Å²) in [5.41, 5.74) is 3.78. The second kappa shape index (κ2) is 9.38. The summed E-state index contributed by atoms with van der Waals surface area (Å²) in [6.45, 7) is 5.95. The van der Waals surface area contributed by atoms with Gasteiger partial charge in [-0.1, -0.05) is 30.0 Å². The average molecular weight is 451 g/mol. The molecule has 1 aromatic heterocycles. The van der Waals surface area contributed by atoms with Gasteiger partial charge in [-0.2, -0.15) is 4.68 Å². The maximum Gasteiger partial charge on any atom is 0.573 e. The largest absolute Gasteiger partial charge is 0.573 e. The third-order valence-corrected chi connectivity index (χ3v) is 5.42. The highest BCUT2D eigenvalue weighted by Gasteiger charge is 2.31. The van der Waals surface area contributed by atoms with Crippen LogP contribution >= 0.6 is 11.8 Å². The molecule has 0 aliphatic carbocycles. The molecule has 0 radical (unpaired) electrons. The Balaban J connectivity index is 1.60. The van der Waals surface area contributed by atoms with Crippen LogP contribution in [-0.4, -0.2) is 38.2 Å². The molecule has 7 nitrogen and oxygen atoms in total. The van der Waals surface area contributed by atoms with Gasteiger partial charge in [0, 0.05) is 0 Å². The molecule has 164 valence electrons. The van der Waals surface area contributed by atoms with Crippen molar-refractivity contribution in [2.45, 2.75) is 38.3 Å². The van der Waals surface area contributed by atoms with Crippen molar-refractivity contribution in [2.75, 3.05) is 5.75 Å². The number of aryl methyl sites for hydroxylation is 2. The second-order valence-corrected chi connectivity index (χ2v) is 7.78. The lowest BCUT2D eigenvalue weighted by molar-refractivity contribution is -0.274. The number of benzene rings is 2. The number of thioether (sulfide) groups is 1. The predicted molar refractivity (Wildman–Crippen MR) is 109 cm³/mol. The minimum atomic E-state index is -4.76. The number of hydrogen-bond acceptors (Lipinski definition) is 6. The van der Waals surface area contributed by atoms with Crippen LogP contribution in [0.2, 0.25) is 0 Å². The van der Waals surface area contributed by atoms with E-state index in [-0.39, 0.29) is 23.5 Å². The topological polar surface area (TPSA) is 81.9 Å². The quantitative estimate of drug-likeness (QED) is 0.544. The number of alkyl halides is 3. The lowest BCUT2D eigenvalue weighted by Gasteiger charge is -2.15. The minimum absolute atomic E-state index is 0.0742. The summed E-state index contributed by atoms with van der Waals surface area (Å²) in [4.78, 5) is 12.4. The van der Waals surface area contributed by atoms with Crippen LogP contribution in [0.5, 0.6) is 5.75 Å². The van der Waals surface area contributed by atoms with E-state index in [1.807, 2.05) is 39.0 Å². The third kappa shape index (κ3) is 6.20. The van der Waals surface area contributed by atoms with Gasteiger partial charge in [0.25, 0.3) is 0 Å². The SMILES string of the molecule is Cc1ccc(C(C)NC(=O)CSc2nnnn2-c2ccc(OC(F)(F)F)cc2)cc1C. The van der Waals surface area contributed by atoms with Crippen LogP contribution < -0.4 is 10.1 Å². The Labute approximate surface area is 181 Å². The Bertz CT molecular complexity index is 1050. The molecule has 0 bridgehead atoms. The summed E-state index contributed by atoms with van der Waals surface area (Å²) in [6.07, 6.45) is -4.76. The van der Waals surface area contributed by atoms with E-state index in [4.69, 9.17) is 0 Å². The number of ether oxygens (including phenoxy) is 1. The standard InChI is InChI=1S/C20H20F3N5O2S/c1-12-4-5-15(10-13(12)2)14(3)24-18(29)11-31-19-25-26-27-28(19)16-6-8-17(9-7-16)30-20(21,22)23/h4-10,14H,11H2,1-3H3,(H,24,29). The van der Waals surface area contributed by atoms with Crippen LogP contribution in [0.15, 0.2) is 47.6 Å². The molecule has 31 heavy (non-hydrogen) atoms. The summed E-state index contributed by atoms with van der Waals surface area (Å²) in [5, 5.41) is 14.6. The van der Waals surface area contributed by atoms with Crippen molar-refractivity contribution < 1.29 is 22.7 Å². The first-order valence-corrected chi connectivity index (χ1v) is 10.2. The monoisotopic (exact) mass is 451 g/mol. The fourth-order valence-corrected chi connectivity index (χ4v) is 3.45. The number of halogens is 3. The highest BCUT2D eigenvalue weighted by atomic mass is 32.2. The number of nitrogens with zero attached hydrogens (tertiary/aromatic N) is 4. The number of hydrogen-bond donors (Lipinski definition) is 1. The molecule has 1 unspecified atom stereocenters. The molecule has 0 aliphatic heterocycles. The molecule has 3 rings (SSSR count). The first-order chi connectivity index (χ1) is 14.6. The average Bonchev–Trinajstić information content (AvgIpc) is 3.16. The van der Waals surface area contributed by atoms with Crippen LogP contribution in [0.25, 0.3) is 5.69 Å². The van der Waals surface area contributed by atoms with E-state index in [1.54, 1.807) is 0 Å². The fourth-order valence-electron chi connectivity index (χ4n) is 2.75. The van der Waals surface area contributed by atoms with Gasteiger partial charge in [0.15, 0.2) is 0 Å². The Hall–Kier alpha value is -3.08. The van der Waals surface area contributed by atoms with Crippen molar-refractivity contribution in [1.82, 2.24) is 25.5 Å². The number of rotatable bonds is 7. The van der Waals surface area contributed by atoms with Crippen molar-refractivity contribution in [1.29, 1.82) is 0 Å². The number of aromatic nitrogens is 4. The van der Waals surface area contributed by atoms with E-state index in [2.05, 4.69) is 25.6 Å². The van der Waals surface area contributed by atoms with Crippen LogP contribution in [0.3, 0.4) is 0 Å². The Kier molecular flexibility index (Phi) is 6.84. The second-order valence-electron chi connectivity index (χ2n) is 6.84. The number of carbonyl (C=O) groups is 1. The molecule has 1 heterocycles. The van der Waals surface area contributed by atoms with E-state index in [0.29, 0.717) is 10.8 Å². The number of tetrazole rings is 1. The van der Waals surface area contributed by atoms with Gasteiger partial charge in [-0.05, 0) is 72.2 Å². The highest BCUT2D eigenvalue weighted by molar-refractivity contribution is 7.99. The molecule has 2 aromatic carbocycles. The molecule has 1 amide bonds. The molecule has 0 saturated carbocycles. The van der Waals surface area contributed by atoms with Gasteiger partial charge in [-0.3, -0.25) is 4.79 Å². The van der Waals surface area contributed by atoms with Crippen LogP contribution in [0, 0.1) is 13.8 Å². The molecule has 0 spiro atoms. The maximum absolute atomic E-state index is 12.4. The first-order valence-electron chi connectivity index (χ1n) is 9.26. The lowest BCUT2D eigenvalue weighted by atomic mass is 10.0. The Morgan fingerprint density at radius 2 is 1.87 bits per heavy atom. The van der Waals surface area contributed by atoms with Crippen molar-refractivity contribution in [3.8, 4) is 11.4 Å². The maximum atomic E-state index is 12.4. The zero-order chi connectivity index (χ0) is 22.6. The molecule has 1 N–H and O–H groups in total. The summed E-state index contributed by atoms with van der Waals surface area (Å²) < 4.78 is 42.1. The van der Waals surface area contributed by atoms with Gasteiger partial charge in [-0.25, -0.2) is 0 Å². The smallest absolute Gasteiger partial charge is 0.406 e. The summed E-state index contributed by atoms with van der Waals surface area (Å²) in [5.74, 6) is -0.470. The van der Waals surface area contributed by atoms with Gasteiger partial charge in [-0.15, -0.1) is 18.3 Å². The fraction of sp³-hybridized carbons (Fsp3) is 0.300. The van der Waals surface area contributed by atoms with Crippen LogP contribution in [0.4, 0.5) is 13.2 Å². The molecular weight excluding hydrogens is 431 g/mol. The van der Waals surface area contributed by atoms with Crippen LogP contribution in [-0.2, 0) is 4.79 Å². The van der Waals surface area contributed by atoms with Gasteiger partial charge in [0.2, 0.25) is 11.1 Å². The van der Waals surface area contributed by atoms with Crippen molar-refractivity contribution in [3.63, 3.8) is 0 Å².